The number of methoxy groups -OCH3 is 1. The van der Waals surface area contributed by atoms with E-state index in [1.54, 1.807) is 0 Å². The molecule has 1 aliphatic carbocycles. The van der Waals surface area contributed by atoms with Crippen molar-refractivity contribution in [3.05, 3.63) is 23.8 Å². The summed E-state index contributed by atoms with van der Waals surface area (Å²) in [7, 11) is 1.42. The van der Waals surface area contributed by atoms with Crippen LogP contribution in [0.5, 0.6) is 11.5 Å². The maximum absolute atomic E-state index is 11.1. The smallest absolute Gasteiger partial charge is 0.345 e. The second-order valence-corrected chi connectivity index (χ2v) is 4.44. The summed E-state index contributed by atoms with van der Waals surface area (Å²) in [6.07, 6.45) is 0.811. The number of carbonyl (C=O) groups is 2. The molecule has 6 heteroatoms. The number of primary amides is 1. The zero-order valence-electron chi connectivity index (χ0n) is 10.5. The maximum atomic E-state index is 11.1. The highest BCUT2D eigenvalue weighted by Gasteiger charge is 2.38. The number of carboxylic acids is 1. The molecule has 1 saturated carbocycles. The van der Waals surface area contributed by atoms with Crippen LogP contribution in [0.1, 0.15) is 23.2 Å². The van der Waals surface area contributed by atoms with Crippen molar-refractivity contribution in [2.75, 3.05) is 7.11 Å². The van der Waals surface area contributed by atoms with Gasteiger partial charge in [-0.05, 0) is 31.0 Å². The van der Waals surface area contributed by atoms with Gasteiger partial charge in [-0.25, -0.2) is 4.79 Å². The molecule has 0 saturated heterocycles. The number of carboxylic acid groups (broad SMARTS) is 1. The van der Waals surface area contributed by atoms with Gasteiger partial charge in [-0.3, -0.25) is 4.79 Å². The normalized spacial score (nSPS) is 15.6. The van der Waals surface area contributed by atoms with Crippen molar-refractivity contribution in [1.29, 1.82) is 0 Å². The van der Waals surface area contributed by atoms with Crippen LogP contribution >= 0.6 is 0 Å². The zero-order chi connectivity index (χ0) is 14.0. The van der Waals surface area contributed by atoms with Gasteiger partial charge in [0.2, 0.25) is 5.91 Å². The molecule has 3 N–H and O–H groups in total. The molecular weight excluding hydrogens is 250 g/mol. The monoisotopic (exact) mass is 265 g/mol. The Morgan fingerprint density at radius 1 is 1.37 bits per heavy atom. The molecule has 0 aromatic heterocycles. The topological polar surface area (TPSA) is 98.9 Å². The third-order valence-corrected chi connectivity index (χ3v) is 3.00. The number of amides is 1. The van der Waals surface area contributed by atoms with E-state index in [9.17, 15) is 9.59 Å². The molecule has 1 aromatic rings. The molecule has 1 fully saturated rings. The number of hydrogen-bond acceptors (Lipinski definition) is 4. The van der Waals surface area contributed by atoms with E-state index >= 15 is 0 Å². The highest BCUT2D eigenvalue weighted by atomic mass is 16.5. The largest absolute Gasteiger partial charge is 0.493 e. The summed E-state index contributed by atoms with van der Waals surface area (Å²) >= 11 is 0. The number of ether oxygens (including phenoxy) is 2. The minimum Gasteiger partial charge on any atom is -0.493 e. The highest BCUT2D eigenvalue weighted by molar-refractivity contribution is 5.93. The zero-order valence-corrected chi connectivity index (χ0v) is 10.5. The molecule has 1 aliphatic rings. The van der Waals surface area contributed by atoms with E-state index in [1.165, 1.54) is 25.3 Å². The first-order chi connectivity index (χ1) is 9.02. The van der Waals surface area contributed by atoms with Gasteiger partial charge >= 0.3 is 5.97 Å². The van der Waals surface area contributed by atoms with Crippen LogP contribution in [-0.2, 0) is 4.79 Å². The minimum absolute atomic E-state index is 0.0398. The molecular formula is C13H15NO5. The van der Waals surface area contributed by atoms with Crippen LogP contribution in [0.2, 0.25) is 0 Å². The van der Waals surface area contributed by atoms with Crippen molar-refractivity contribution in [3.8, 4) is 11.5 Å². The third kappa shape index (κ3) is 2.96. The van der Waals surface area contributed by atoms with Crippen molar-refractivity contribution in [2.45, 2.75) is 18.9 Å². The predicted molar refractivity (Wildman–Crippen MR) is 66.3 cm³/mol. The molecule has 0 radical (unpaired) electrons. The summed E-state index contributed by atoms with van der Waals surface area (Å²) < 4.78 is 10.6. The lowest BCUT2D eigenvalue weighted by atomic mass is 10.2. The summed E-state index contributed by atoms with van der Waals surface area (Å²) in [6, 6.07) is 4.41. The Labute approximate surface area is 110 Å². The van der Waals surface area contributed by atoms with Crippen LogP contribution in [-0.4, -0.2) is 30.2 Å². The molecule has 1 unspecified atom stereocenters. The molecule has 2 rings (SSSR count). The molecule has 19 heavy (non-hydrogen) atoms. The van der Waals surface area contributed by atoms with Gasteiger partial charge in [-0.1, -0.05) is 0 Å². The summed E-state index contributed by atoms with van der Waals surface area (Å²) in [5.41, 5.74) is 5.45. The third-order valence-electron chi connectivity index (χ3n) is 3.00. The van der Waals surface area contributed by atoms with Gasteiger partial charge < -0.3 is 20.3 Å². The van der Waals surface area contributed by atoms with E-state index in [1.807, 2.05) is 0 Å². The van der Waals surface area contributed by atoms with E-state index in [0.717, 1.165) is 12.8 Å². The van der Waals surface area contributed by atoms with Gasteiger partial charge in [0, 0.05) is 11.5 Å². The second-order valence-electron chi connectivity index (χ2n) is 4.44. The van der Waals surface area contributed by atoms with Crippen LogP contribution in [0, 0.1) is 5.92 Å². The molecule has 0 bridgehead atoms. The molecule has 6 nitrogen and oxygen atoms in total. The molecule has 0 spiro atoms. The van der Waals surface area contributed by atoms with E-state index in [4.69, 9.17) is 20.3 Å². The second kappa shape index (κ2) is 5.17. The van der Waals surface area contributed by atoms with E-state index < -0.39 is 18.0 Å². The first-order valence-electron chi connectivity index (χ1n) is 5.90. The maximum Gasteiger partial charge on any atom is 0.345 e. The molecule has 0 heterocycles. The summed E-state index contributed by atoms with van der Waals surface area (Å²) in [5.74, 6) is -0.946. The lowest BCUT2D eigenvalue weighted by Crippen LogP contribution is -2.29. The number of carbonyl (C=O) groups excluding carboxylic acids is 1. The number of nitrogens with two attached hydrogens (primary N) is 1. The molecule has 1 atom stereocenters. The lowest BCUT2D eigenvalue weighted by molar-refractivity contribution is -0.146. The van der Waals surface area contributed by atoms with E-state index in [0.29, 0.717) is 11.5 Å². The molecule has 102 valence electrons. The number of benzene rings is 1. The molecule has 1 aromatic carbocycles. The molecule has 1 amide bonds. The van der Waals surface area contributed by atoms with Crippen molar-refractivity contribution >= 4 is 11.9 Å². The SMILES string of the molecule is COc1cc(C(N)=O)ccc1OC(C(=O)O)C1CC1. The van der Waals surface area contributed by atoms with Crippen molar-refractivity contribution in [3.63, 3.8) is 0 Å². The number of hydrogen-bond donors (Lipinski definition) is 2. The van der Waals surface area contributed by atoms with E-state index in [-0.39, 0.29) is 11.5 Å². The predicted octanol–water partition coefficient (Wildman–Crippen LogP) is 1.04. The Morgan fingerprint density at radius 3 is 2.53 bits per heavy atom. The van der Waals surface area contributed by atoms with Gasteiger partial charge in [0.1, 0.15) is 0 Å². The van der Waals surface area contributed by atoms with Crippen LogP contribution in [0.15, 0.2) is 18.2 Å². The standard InChI is InChI=1S/C13H15NO5/c1-18-10-6-8(12(14)15)4-5-9(10)19-11(13(16)17)7-2-3-7/h4-7,11H,2-3H2,1H3,(H2,14,15)(H,16,17). The Morgan fingerprint density at radius 2 is 2.05 bits per heavy atom. The quantitative estimate of drug-likeness (QED) is 0.800. The first-order valence-corrected chi connectivity index (χ1v) is 5.90. The summed E-state index contributed by atoms with van der Waals surface area (Å²) in [5, 5.41) is 9.11. The van der Waals surface area contributed by atoms with Crippen LogP contribution < -0.4 is 15.2 Å². The van der Waals surface area contributed by atoms with Crippen LogP contribution in [0.25, 0.3) is 0 Å². The average molecular weight is 265 g/mol. The fourth-order valence-electron chi connectivity index (χ4n) is 1.80. The average Bonchev–Trinajstić information content (AvgIpc) is 3.19. The van der Waals surface area contributed by atoms with Crippen molar-refractivity contribution in [2.24, 2.45) is 11.7 Å². The fraction of sp³-hybridized carbons (Fsp3) is 0.385. The Hall–Kier alpha value is -2.24. The Kier molecular flexibility index (Phi) is 3.59. The van der Waals surface area contributed by atoms with Gasteiger partial charge in [-0.2, -0.15) is 0 Å². The van der Waals surface area contributed by atoms with Gasteiger partial charge in [0.15, 0.2) is 17.6 Å². The first kappa shape index (κ1) is 13.2. The summed E-state index contributed by atoms with van der Waals surface area (Å²) in [4.78, 5) is 22.2. The van der Waals surface area contributed by atoms with Crippen LogP contribution in [0.3, 0.4) is 0 Å². The molecule has 0 aliphatic heterocycles. The van der Waals surface area contributed by atoms with Gasteiger partial charge in [0.25, 0.3) is 0 Å². The number of aliphatic carboxylic acids is 1. The Bertz CT molecular complexity index is 510. The highest BCUT2D eigenvalue weighted by Crippen LogP contribution is 2.37. The van der Waals surface area contributed by atoms with Crippen molar-refractivity contribution < 1.29 is 24.2 Å². The Balaban J connectivity index is 2.23. The van der Waals surface area contributed by atoms with Gasteiger partial charge in [0.05, 0.1) is 7.11 Å². The summed E-state index contributed by atoms with van der Waals surface area (Å²) in [6.45, 7) is 0. The van der Waals surface area contributed by atoms with Crippen molar-refractivity contribution in [1.82, 2.24) is 0 Å². The van der Waals surface area contributed by atoms with Crippen LogP contribution in [0.4, 0.5) is 0 Å². The van der Waals surface area contributed by atoms with E-state index in [2.05, 4.69) is 0 Å². The lowest BCUT2D eigenvalue weighted by Gasteiger charge is -2.17. The fourth-order valence-corrected chi connectivity index (χ4v) is 1.80. The number of rotatable bonds is 6. The van der Waals surface area contributed by atoms with Gasteiger partial charge in [-0.15, -0.1) is 0 Å². The minimum atomic E-state index is -0.997.